The molecule has 0 N–H and O–H groups in total. The summed E-state index contributed by atoms with van der Waals surface area (Å²) in [5.74, 6) is -1.46. The highest BCUT2D eigenvalue weighted by Crippen LogP contribution is 2.27. The predicted molar refractivity (Wildman–Crippen MR) is 57.6 cm³/mol. The van der Waals surface area contributed by atoms with Crippen LogP contribution in [0.1, 0.15) is 5.56 Å². The molecule has 0 aromatic heterocycles. The largest absolute Gasteiger partial charge is 0.454 e. The van der Waals surface area contributed by atoms with Crippen LogP contribution in [0.5, 0.6) is 11.5 Å². The topological polar surface area (TPSA) is 9.23 Å². The van der Waals surface area contributed by atoms with Gasteiger partial charge < -0.3 is 4.74 Å². The van der Waals surface area contributed by atoms with Crippen molar-refractivity contribution in [2.75, 3.05) is 0 Å². The molecule has 0 saturated carbocycles. The standard InChI is InChI=1S/C13H10F2O/c1-9-5-2-3-7-11(9)16-12-8-4-6-10(14)13(12)15/h2-8H,1H3. The minimum Gasteiger partial charge on any atom is -0.454 e. The van der Waals surface area contributed by atoms with Crippen LogP contribution in [0.25, 0.3) is 0 Å². The maximum atomic E-state index is 13.3. The fourth-order valence-electron chi connectivity index (χ4n) is 1.35. The van der Waals surface area contributed by atoms with E-state index in [9.17, 15) is 8.78 Å². The van der Waals surface area contributed by atoms with Gasteiger partial charge in [-0.2, -0.15) is 4.39 Å². The summed E-state index contributed by atoms with van der Waals surface area (Å²) in [5.41, 5.74) is 0.867. The summed E-state index contributed by atoms with van der Waals surface area (Å²) in [6.07, 6.45) is 0. The third-order valence-electron chi connectivity index (χ3n) is 2.23. The number of aryl methyl sites for hydroxylation is 1. The molecule has 82 valence electrons. The quantitative estimate of drug-likeness (QED) is 0.741. The summed E-state index contributed by atoms with van der Waals surface area (Å²) in [6, 6.07) is 11.0. The molecule has 2 aromatic rings. The van der Waals surface area contributed by atoms with Gasteiger partial charge in [-0.25, -0.2) is 4.39 Å². The molecule has 0 aliphatic heterocycles. The molecule has 0 atom stereocenters. The Kier molecular flexibility index (Phi) is 2.86. The molecule has 0 saturated heterocycles. The van der Waals surface area contributed by atoms with E-state index in [1.54, 1.807) is 12.1 Å². The molecular formula is C13H10F2O. The smallest absolute Gasteiger partial charge is 0.201 e. The first-order valence-corrected chi connectivity index (χ1v) is 4.86. The summed E-state index contributed by atoms with van der Waals surface area (Å²) in [7, 11) is 0. The lowest BCUT2D eigenvalue weighted by molar-refractivity contribution is 0.414. The Bertz CT molecular complexity index is 509. The Morgan fingerprint density at radius 2 is 1.56 bits per heavy atom. The molecule has 2 aromatic carbocycles. The summed E-state index contributed by atoms with van der Waals surface area (Å²) in [4.78, 5) is 0. The Balaban J connectivity index is 2.35. The first-order chi connectivity index (χ1) is 7.68. The number of benzene rings is 2. The van der Waals surface area contributed by atoms with Gasteiger partial charge in [-0.3, -0.25) is 0 Å². The first-order valence-electron chi connectivity index (χ1n) is 4.86. The first kappa shape index (κ1) is 10.6. The van der Waals surface area contributed by atoms with Gasteiger partial charge in [0.05, 0.1) is 0 Å². The fraction of sp³-hybridized carbons (Fsp3) is 0.0769. The van der Waals surface area contributed by atoms with Crippen LogP contribution in [0, 0.1) is 18.6 Å². The van der Waals surface area contributed by atoms with Gasteiger partial charge in [0.15, 0.2) is 11.6 Å². The minimum absolute atomic E-state index is 0.102. The molecule has 0 radical (unpaired) electrons. The Labute approximate surface area is 92.3 Å². The third-order valence-corrected chi connectivity index (χ3v) is 2.23. The normalized spacial score (nSPS) is 10.2. The lowest BCUT2D eigenvalue weighted by Gasteiger charge is -2.09. The van der Waals surface area contributed by atoms with E-state index in [-0.39, 0.29) is 5.75 Å². The molecule has 0 bridgehead atoms. The van der Waals surface area contributed by atoms with Crippen molar-refractivity contribution in [3.8, 4) is 11.5 Å². The van der Waals surface area contributed by atoms with Gasteiger partial charge in [-0.1, -0.05) is 24.3 Å². The van der Waals surface area contributed by atoms with Gasteiger partial charge >= 0.3 is 0 Å². The summed E-state index contributed by atoms with van der Waals surface area (Å²) in [5, 5.41) is 0. The van der Waals surface area contributed by atoms with Crippen molar-refractivity contribution in [2.45, 2.75) is 6.92 Å². The summed E-state index contributed by atoms with van der Waals surface area (Å²) < 4.78 is 31.6. The molecule has 0 spiro atoms. The number of rotatable bonds is 2. The molecule has 2 rings (SSSR count). The van der Waals surface area contributed by atoms with Gasteiger partial charge in [0, 0.05) is 0 Å². The van der Waals surface area contributed by atoms with Crippen LogP contribution in [0.15, 0.2) is 42.5 Å². The molecule has 3 heteroatoms. The van der Waals surface area contributed by atoms with Crippen molar-refractivity contribution in [3.63, 3.8) is 0 Å². The average molecular weight is 220 g/mol. The van der Waals surface area contributed by atoms with E-state index < -0.39 is 11.6 Å². The highest BCUT2D eigenvalue weighted by atomic mass is 19.2. The summed E-state index contributed by atoms with van der Waals surface area (Å²) >= 11 is 0. The molecule has 1 nitrogen and oxygen atoms in total. The number of ether oxygens (including phenoxy) is 1. The Morgan fingerprint density at radius 3 is 2.31 bits per heavy atom. The van der Waals surface area contributed by atoms with Crippen molar-refractivity contribution < 1.29 is 13.5 Å². The van der Waals surface area contributed by atoms with E-state index in [0.717, 1.165) is 11.6 Å². The van der Waals surface area contributed by atoms with Crippen molar-refractivity contribution in [2.24, 2.45) is 0 Å². The average Bonchev–Trinajstić information content (AvgIpc) is 2.28. The molecule has 16 heavy (non-hydrogen) atoms. The third kappa shape index (κ3) is 2.03. The van der Waals surface area contributed by atoms with Crippen LogP contribution < -0.4 is 4.74 Å². The fourth-order valence-corrected chi connectivity index (χ4v) is 1.35. The van der Waals surface area contributed by atoms with Crippen LogP contribution in [0.2, 0.25) is 0 Å². The zero-order valence-corrected chi connectivity index (χ0v) is 8.71. The van der Waals surface area contributed by atoms with E-state index >= 15 is 0 Å². The molecule has 0 unspecified atom stereocenters. The van der Waals surface area contributed by atoms with Gasteiger partial charge in [-0.05, 0) is 30.7 Å². The van der Waals surface area contributed by atoms with E-state index in [1.165, 1.54) is 12.1 Å². The highest BCUT2D eigenvalue weighted by molar-refractivity contribution is 5.37. The number of halogens is 2. The van der Waals surface area contributed by atoms with Crippen LogP contribution in [0.3, 0.4) is 0 Å². The van der Waals surface area contributed by atoms with E-state index in [1.807, 2.05) is 19.1 Å². The second-order valence-corrected chi connectivity index (χ2v) is 3.42. The maximum Gasteiger partial charge on any atom is 0.201 e. The zero-order valence-electron chi connectivity index (χ0n) is 8.71. The van der Waals surface area contributed by atoms with Crippen LogP contribution in [0.4, 0.5) is 8.78 Å². The van der Waals surface area contributed by atoms with Crippen LogP contribution in [-0.4, -0.2) is 0 Å². The second-order valence-electron chi connectivity index (χ2n) is 3.42. The monoisotopic (exact) mass is 220 g/mol. The van der Waals surface area contributed by atoms with E-state index in [0.29, 0.717) is 5.75 Å². The lowest BCUT2D eigenvalue weighted by atomic mass is 10.2. The molecule has 0 aliphatic rings. The van der Waals surface area contributed by atoms with Crippen molar-refractivity contribution in [1.82, 2.24) is 0 Å². The Hall–Kier alpha value is -1.90. The second kappa shape index (κ2) is 4.31. The highest BCUT2D eigenvalue weighted by Gasteiger charge is 2.10. The van der Waals surface area contributed by atoms with E-state index in [4.69, 9.17) is 4.74 Å². The van der Waals surface area contributed by atoms with E-state index in [2.05, 4.69) is 0 Å². The van der Waals surface area contributed by atoms with Crippen molar-refractivity contribution >= 4 is 0 Å². The van der Waals surface area contributed by atoms with Crippen molar-refractivity contribution in [3.05, 3.63) is 59.7 Å². The minimum atomic E-state index is -0.967. The maximum absolute atomic E-state index is 13.3. The van der Waals surface area contributed by atoms with Crippen molar-refractivity contribution in [1.29, 1.82) is 0 Å². The van der Waals surface area contributed by atoms with Gasteiger partial charge in [0.2, 0.25) is 5.82 Å². The Morgan fingerprint density at radius 1 is 0.875 bits per heavy atom. The zero-order chi connectivity index (χ0) is 11.5. The number of hydrogen-bond acceptors (Lipinski definition) is 1. The molecular weight excluding hydrogens is 210 g/mol. The molecule has 0 fully saturated rings. The lowest BCUT2D eigenvalue weighted by Crippen LogP contribution is -1.92. The molecule has 0 amide bonds. The number of hydrogen-bond donors (Lipinski definition) is 0. The SMILES string of the molecule is Cc1ccccc1Oc1cccc(F)c1F. The molecule has 0 aliphatic carbocycles. The van der Waals surface area contributed by atoms with Gasteiger partial charge in [0.1, 0.15) is 5.75 Å². The van der Waals surface area contributed by atoms with Gasteiger partial charge in [0.25, 0.3) is 0 Å². The summed E-state index contributed by atoms with van der Waals surface area (Å²) in [6.45, 7) is 1.84. The van der Waals surface area contributed by atoms with Crippen LogP contribution in [-0.2, 0) is 0 Å². The van der Waals surface area contributed by atoms with Gasteiger partial charge in [-0.15, -0.1) is 0 Å². The number of para-hydroxylation sites is 1. The van der Waals surface area contributed by atoms with Crippen LogP contribution >= 0.6 is 0 Å². The predicted octanol–water partition coefficient (Wildman–Crippen LogP) is 4.07. The molecule has 0 heterocycles.